The van der Waals surface area contributed by atoms with E-state index in [1.165, 1.54) is 16.9 Å². The number of thiazole rings is 1. The van der Waals surface area contributed by atoms with Crippen LogP contribution in [0.15, 0.2) is 45.9 Å². The molecule has 0 atom stereocenters. The van der Waals surface area contributed by atoms with E-state index in [2.05, 4.69) is 52.7 Å². The molecule has 4 rings (SSSR count). The van der Waals surface area contributed by atoms with Crippen LogP contribution in [0.25, 0.3) is 10.2 Å². The van der Waals surface area contributed by atoms with E-state index in [9.17, 15) is 4.79 Å². The van der Waals surface area contributed by atoms with Gasteiger partial charge in [-0.3, -0.25) is 14.6 Å². The number of anilines is 1. The number of aliphatic imine (C=N–C) groups is 1. The van der Waals surface area contributed by atoms with Crippen molar-refractivity contribution in [1.29, 1.82) is 0 Å². The molecule has 1 aliphatic heterocycles. The van der Waals surface area contributed by atoms with E-state index < -0.39 is 0 Å². The van der Waals surface area contributed by atoms with E-state index in [4.69, 9.17) is 4.99 Å². The molecule has 144 valence electrons. The summed E-state index contributed by atoms with van der Waals surface area (Å²) >= 11 is 5.12. The normalized spacial score (nSPS) is 15.2. The van der Waals surface area contributed by atoms with Crippen LogP contribution in [0.5, 0.6) is 0 Å². The molecule has 0 saturated carbocycles. The fraction of sp³-hybridized carbons (Fsp3) is 0.286. The lowest BCUT2D eigenvalue weighted by atomic mass is 10.1. The number of rotatable bonds is 5. The number of carbonyl (C=O) groups excluding carboxylic acids is 1. The summed E-state index contributed by atoms with van der Waals surface area (Å²) in [5.41, 5.74) is 4.28. The maximum absolute atomic E-state index is 13.3. The van der Waals surface area contributed by atoms with Crippen LogP contribution < -0.4 is 4.90 Å². The minimum atomic E-state index is -0.0794. The van der Waals surface area contributed by atoms with Crippen molar-refractivity contribution in [2.24, 2.45) is 4.99 Å². The van der Waals surface area contributed by atoms with Crippen molar-refractivity contribution in [3.05, 3.63) is 52.0 Å². The summed E-state index contributed by atoms with van der Waals surface area (Å²) in [5.74, 6) is -0.0794. The van der Waals surface area contributed by atoms with E-state index in [0.29, 0.717) is 17.5 Å². The van der Waals surface area contributed by atoms with Gasteiger partial charge in [-0.15, -0.1) is 0 Å². The smallest absolute Gasteiger partial charge is 0.278 e. The number of carbonyl (C=O) groups is 1. The van der Waals surface area contributed by atoms with Gasteiger partial charge >= 0.3 is 0 Å². The second kappa shape index (κ2) is 7.73. The Morgan fingerprint density at radius 3 is 2.75 bits per heavy atom. The molecule has 1 aromatic heterocycles. The number of hydrogen-bond acceptors (Lipinski definition) is 5. The molecule has 2 heterocycles. The third-order valence-electron chi connectivity index (χ3n) is 4.94. The lowest BCUT2D eigenvalue weighted by molar-refractivity contribution is -0.112. The van der Waals surface area contributed by atoms with Gasteiger partial charge in [0.05, 0.1) is 22.6 Å². The molecule has 2 aromatic carbocycles. The van der Waals surface area contributed by atoms with Crippen LogP contribution in [0, 0.1) is 6.92 Å². The largest absolute Gasteiger partial charge is 0.293 e. The fourth-order valence-corrected chi connectivity index (χ4v) is 4.83. The van der Waals surface area contributed by atoms with Crippen LogP contribution in [0.2, 0.25) is 0 Å². The van der Waals surface area contributed by atoms with Crippen LogP contribution in [-0.4, -0.2) is 41.3 Å². The van der Waals surface area contributed by atoms with Gasteiger partial charge in [-0.25, -0.2) is 9.98 Å². The minimum Gasteiger partial charge on any atom is -0.293 e. The number of aromatic nitrogens is 1. The topological polar surface area (TPSA) is 48.8 Å². The Labute approximate surface area is 176 Å². The molecule has 1 aliphatic rings. The first kappa shape index (κ1) is 19.2. The predicted octanol–water partition coefficient (Wildman–Crippen LogP) is 5.13. The maximum atomic E-state index is 13.3. The van der Waals surface area contributed by atoms with Gasteiger partial charge in [0, 0.05) is 10.0 Å². The monoisotopic (exact) mass is 456 g/mol. The lowest BCUT2D eigenvalue weighted by Crippen LogP contribution is -2.41. The summed E-state index contributed by atoms with van der Waals surface area (Å²) in [6, 6.07) is 12.0. The third kappa shape index (κ3) is 3.38. The fourth-order valence-electron chi connectivity index (χ4n) is 3.35. The van der Waals surface area contributed by atoms with Gasteiger partial charge in [0.15, 0.2) is 0 Å². The first-order valence-corrected chi connectivity index (χ1v) is 10.9. The van der Waals surface area contributed by atoms with Gasteiger partial charge in [-0.1, -0.05) is 53.2 Å². The molecule has 0 radical (unpaired) electrons. The second-order valence-corrected chi connectivity index (χ2v) is 8.60. The highest BCUT2D eigenvalue weighted by Crippen LogP contribution is 2.37. The van der Waals surface area contributed by atoms with Crippen LogP contribution in [0.3, 0.4) is 0 Å². The van der Waals surface area contributed by atoms with Gasteiger partial charge in [-0.05, 0) is 49.8 Å². The van der Waals surface area contributed by atoms with Gasteiger partial charge in [-0.2, -0.15) is 0 Å². The zero-order valence-corrected chi connectivity index (χ0v) is 18.5. The van der Waals surface area contributed by atoms with Gasteiger partial charge in [0.1, 0.15) is 5.71 Å². The predicted molar refractivity (Wildman–Crippen MR) is 120 cm³/mol. The van der Waals surface area contributed by atoms with Crippen LogP contribution >= 0.6 is 27.3 Å². The molecule has 28 heavy (non-hydrogen) atoms. The van der Waals surface area contributed by atoms with E-state index in [1.807, 2.05) is 35.2 Å². The van der Waals surface area contributed by atoms with Crippen molar-refractivity contribution >= 4 is 59.9 Å². The summed E-state index contributed by atoms with van der Waals surface area (Å²) in [7, 11) is 0. The molecular formula is C21H21BrN4OS. The summed E-state index contributed by atoms with van der Waals surface area (Å²) in [5, 5.41) is 0.607. The zero-order chi connectivity index (χ0) is 19.8. The maximum Gasteiger partial charge on any atom is 0.278 e. The number of benzene rings is 2. The first-order valence-electron chi connectivity index (χ1n) is 9.30. The van der Waals surface area contributed by atoms with Gasteiger partial charge < -0.3 is 0 Å². The van der Waals surface area contributed by atoms with E-state index in [1.54, 1.807) is 0 Å². The summed E-state index contributed by atoms with van der Waals surface area (Å²) in [4.78, 5) is 26.6. The molecular weight excluding hydrogens is 436 g/mol. The van der Waals surface area contributed by atoms with Crippen LogP contribution in [-0.2, 0) is 4.79 Å². The average molecular weight is 457 g/mol. The first-order chi connectivity index (χ1) is 13.5. The van der Waals surface area contributed by atoms with Gasteiger partial charge in [0.25, 0.3) is 5.91 Å². The quantitative estimate of drug-likeness (QED) is 0.534. The Hall–Kier alpha value is -2.09. The molecule has 0 fully saturated rings. The number of hydrogen-bond donors (Lipinski definition) is 0. The van der Waals surface area contributed by atoms with Gasteiger partial charge in [0.2, 0.25) is 5.13 Å². The standard InChI is InChI=1S/C21H21BrN4OS/c1-4-25(5-2)12-26-16-8-6-7-14(22)18(16)19(20(26)27)24-21-23-15-10-9-13(3)11-17(15)28-21/h6-11H,4-5,12H2,1-3H3. The highest BCUT2D eigenvalue weighted by molar-refractivity contribution is 9.10. The molecule has 0 saturated heterocycles. The zero-order valence-electron chi connectivity index (χ0n) is 16.1. The summed E-state index contributed by atoms with van der Waals surface area (Å²) < 4.78 is 1.95. The molecule has 0 spiro atoms. The highest BCUT2D eigenvalue weighted by atomic mass is 79.9. The highest BCUT2D eigenvalue weighted by Gasteiger charge is 2.36. The average Bonchev–Trinajstić information content (AvgIpc) is 3.19. The van der Waals surface area contributed by atoms with E-state index >= 15 is 0 Å². The molecule has 0 N–H and O–H groups in total. The Morgan fingerprint density at radius 1 is 1.21 bits per heavy atom. The number of halogens is 1. The van der Waals surface area contributed by atoms with Crippen molar-refractivity contribution in [1.82, 2.24) is 9.88 Å². The lowest BCUT2D eigenvalue weighted by Gasteiger charge is -2.25. The van der Waals surface area contributed by atoms with Crippen molar-refractivity contribution in [3.8, 4) is 0 Å². The van der Waals surface area contributed by atoms with Crippen LogP contribution in [0.4, 0.5) is 10.8 Å². The number of aryl methyl sites for hydroxylation is 1. The molecule has 1 amide bonds. The van der Waals surface area contributed by atoms with Crippen molar-refractivity contribution in [2.45, 2.75) is 20.8 Å². The Kier molecular flexibility index (Phi) is 5.31. The Balaban J connectivity index is 1.80. The molecule has 0 unspecified atom stereocenters. The number of amides is 1. The van der Waals surface area contributed by atoms with E-state index in [0.717, 1.165) is 39.0 Å². The number of nitrogens with zero attached hydrogens (tertiary/aromatic N) is 4. The summed E-state index contributed by atoms with van der Waals surface area (Å²) in [6.45, 7) is 8.58. The molecule has 3 aromatic rings. The third-order valence-corrected chi connectivity index (χ3v) is 6.52. The molecule has 0 aliphatic carbocycles. The van der Waals surface area contributed by atoms with Crippen LogP contribution in [0.1, 0.15) is 25.0 Å². The summed E-state index contributed by atoms with van der Waals surface area (Å²) in [6.07, 6.45) is 0. The number of fused-ring (bicyclic) bond motifs is 2. The molecule has 0 bridgehead atoms. The minimum absolute atomic E-state index is 0.0794. The van der Waals surface area contributed by atoms with E-state index in [-0.39, 0.29) is 5.91 Å². The Morgan fingerprint density at radius 2 is 2.00 bits per heavy atom. The van der Waals surface area contributed by atoms with Crippen molar-refractivity contribution < 1.29 is 4.79 Å². The Bertz CT molecular complexity index is 1090. The van der Waals surface area contributed by atoms with Crippen molar-refractivity contribution in [2.75, 3.05) is 24.7 Å². The molecule has 5 nitrogen and oxygen atoms in total. The SMILES string of the molecule is CCN(CC)CN1C(=O)C(=Nc2nc3ccc(C)cc3s2)c2c(Br)cccc21. The second-order valence-electron chi connectivity index (χ2n) is 6.74. The van der Waals surface area contributed by atoms with Crippen molar-refractivity contribution in [3.63, 3.8) is 0 Å². The molecule has 7 heteroatoms.